The van der Waals surface area contributed by atoms with E-state index in [1.807, 2.05) is 40.9 Å². The number of allylic oxidation sites excluding steroid dienone is 1. The summed E-state index contributed by atoms with van der Waals surface area (Å²) in [6.45, 7) is 6.39. The first-order valence-electron chi connectivity index (χ1n) is 6.16. The average Bonchev–Trinajstić information content (AvgIpc) is 2.71. The Hall–Kier alpha value is -2.16. The first-order valence-corrected chi connectivity index (χ1v) is 6.16. The molecule has 1 rings (SSSR count). The Balaban J connectivity index is 3.02. The van der Waals surface area contributed by atoms with Crippen LogP contribution in [0, 0.1) is 11.3 Å². The highest BCUT2D eigenvalue weighted by Crippen LogP contribution is 2.24. The number of hydrogen-bond acceptors (Lipinski definition) is 5. The summed E-state index contributed by atoms with van der Waals surface area (Å²) in [6, 6.07) is 3.80. The highest BCUT2D eigenvalue weighted by atomic mass is 16.5. The summed E-state index contributed by atoms with van der Waals surface area (Å²) in [4.78, 5) is 1.75. The largest absolute Gasteiger partial charge is 0.477 e. The quantitative estimate of drug-likeness (QED) is 0.582. The van der Waals surface area contributed by atoms with E-state index in [1.165, 1.54) is 0 Å². The van der Waals surface area contributed by atoms with Gasteiger partial charge in [-0.15, -0.1) is 5.10 Å². The van der Waals surface area contributed by atoms with Crippen LogP contribution in [0.1, 0.15) is 26.8 Å². The molecule has 104 valence electrons. The molecule has 1 aromatic rings. The number of rotatable bonds is 6. The third kappa shape index (κ3) is 4.21. The SMILES string of the molecule is CCOc1cc(O/C(C#N)=C/N(C)C)n(C(C)C)n1. The molecule has 0 atom stereocenters. The molecule has 6 nitrogen and oxygen atoms in total. The maximum atomic E-state index is 9.05. The number of hydrogen-bond donors (Lipinski definition) is 0. The van der Waals surface area contributed by atoms with Gasteiger partial charge in [0.05, 0.1) is 24.9 Å². The molecule has 0 bridgehead atoms. The molecule has 0 spiro atoms. The number of nitriles is 1. The minimum Gasteiger partial charge on any atom is -0.477 e. The zero-order valence-electron chi connectivity index (χ0n) is 12.0. The van der Waals surface area contributed by atoms with Crippen LogP contribution in [0.4, 0.5) is 0 Å². The Morgan fingerprint density at radius 3 is 2.74 bits per heavy atom. The molecule has 0 fully saturated rings. The second kappa shape index (κ2) is 6.69. The molecule has 0 unspecified atom stereocenters. The molecule has 0 saturated carbocycles. The zero-order valence-corrected chi connectivity index (χ0v) is 12.0. The molecular formula is C13H20N4O2. The van der Waals surface area contributed by atoms with E-state index in [0.717, 1.165) is 0 Å². The number of ether oxygens (including phenoxy) is 2. The van der Waals surface area contributed by atoms with E-state index in [9.17, 15) is 0 Å². The first kappa shape index (κ1) is 14.9. The fourth-order valence-corrected chi connectivity index (χ4v) is 1.45. The summed E-state index contributed by atoms with van der Waals surface area (Å²) in [6.07, 6.45) is 1.61. The van der Waals surface area contributed by atoms with Crippen LogP contribution in [0.5, 0.6) is 11.8 Å². The van der Waals surface area contributed by atoms with E-state index < -0.39 is 0 Å². The molecule has 0 N–H and O–H groups in total. The van der Waals surface area contributed by atoms with E-state index in [0.29, 0.717) is 18.4 Å². The lowest BCUT2D eigenvalue weighted by Gasteiger charge is -2.11. The molecule has 1 heterocycles. The molecule has 0 saturated heterocycles. The summed E-state index contributed by atoms with van der Waals surface area (Å²) >= 11 is 0. The van der Waals surface area contributed by atoms with E-state index in [-0.39, 0.29) is 11.8 Å². The van der Waals surface area contributed by atoms with Gasteiger partial charge in [0.25, 0.3) is 0 Å². The van der Waals surface area contributed by atoms with E-state index in [4.69, 9.17) is 14.7 Å². The van der Waals surface area contributed by atoms with Crippen molar-refractivity contribution >= 4 is 0 Å². The van der Waals surface area contributed by atoms with E-state index in [1.54, 1.807) is 21.8 Å². The van der Waals surface area contributed by atoms with Crippen molar-refractivity contribution in [3.05, 3.63) is 18.0 Å². The lowest BCUT2D eigenvalue weighted by molar-refractivity contribution is 0.315. The van der Waals surface area contributed by atoms with Crippen molar-refractivity contribution in [2.75, 3.05) is 20.7 Å². The maximum Gasteiger partial charge on any atom is 0.236 e. The van der Waals surface area contributed by atoms with Crippen LogP contribution < -0.4 is 9.47 Å². The Kier molecular flexibility index (Phi) is 5.24. The normalized spacial score (nSPS) is 11.3. The smallest absolute Gasteiger partial charge is 0.236 e. The number of nitrogens with zero attached hydrogens (tertiary/aromatic N) is 4. The van der Waals surface area contributed by atoms with Gasteiger partial charge in [0.2, 0.25) is 17.5 Å². The van der Waals surface area contributed by atoms with Crippen LogP contribution in [-0.4, -0.2) is 35.4 Å². The van der Waals surface area contributed by atoms with Crippen LogP contribution in [0.3, 0.4) is 0 Å². The summed E-state index contributed by atoms with van der Waals surface area (Å²) in [5.74, 6) is 1.19. The highest BCUT2D eigenvalue weighted by molar-refractivity contribution is 5.26. The van der Waals surface area contributed by atoms with Gasteiger partial charge in [-0.25, -0.2) is 4.68 Å². The highest BCUT2D eigenvalue weighted by Gasteiger charge is 2.14. The van der Waals surface area contributed by atoms with Crippen LogP contribution in [-0.2, 0) is 0 Å². The zero-order chi connectivity index (χ0) is 14.4. The van der Waals surface area contributed by atoms with Crippen LogP contribution in [0.2, 0.25) is 0 Å². The molecule has 19 heavy (non-hydrogen) atoms. The van der Waals surface area contributed by atoms with E-state index >= 15 is 0 Å². The fraction of sp³-hybridized carbons (Fsp3) is 0.538. The van der Waals surface area contributed by atoms with Gasteiger partial charge in [0, 0.05) is 14.1 Å². The molecule has 0 aliphatic heterocycles. The van der Waals surface area contributed by atoms with Gasteiger partial charge in [-0.2, -0.15) is 5.26 Å². The van der Waals surface area contributed by atoms with E-state index in [2.05, 4.69) is 5.10 Å². The molecule has 0 radical (unpaired) electrons. The molecule has 0 amide bonds. The second-order valence-electron chi connectivity index (χ2n) is 4.46. The third-order valence-electron chi connectivity index (χ3n) is 2.16. The molecule has 0 aromatic carbocycles. The van der Waals surface area contributed by atoms with Gasteiger partial charge in [0.15, 0.2) is 0 Å². The standard InChI is InChI=1S/C13H20N4O2/c1-6-18-12-7-13(17(15-12)10(2)3)19-11(8-14)9-16(4)5/h7,9-10H,6H2,1-5H3/b11-9+. The van der Waals surface area contributed by atoms with Crippen molar-refractivity contribution in [2.24, 2.45) is 0 Å². The van der Waals surface area contributed by atoms with Gasteiger partial charge >= 0.3 is 0 Å². The van der Waals surface area contributed by atoms with Crippen LogP contribution in [0.15, 0.2) is 18.0 Å². The summed E-state index contributed by atoms with van der Waals surface area (Å²) < 4.78 is 12.6. The Labute approximate surface area is 113 Å². The van der Waals surface area contributed by atoms with Crippen molar-refractivity contribution in [1.82, 2.24) is 14.7 Å². The van der Waals surface area contributed by atoms with Gasteiger partial charge in [0.1, 0.15) is 6.07 Å². The van der Waals surface area contributed by atoms with Gasteiger partial charge in [-0.1, -0.05) is 0 Å². The van der Waals surface area contributed by atoms with Crippen molar-refractivity contribution in [1.29, 1.82) is 5.26 Å². The van der Waals surface area contributed by atoms with Crippen LogP contribution >= 0.6 is 0 Å². The minimum atomic E-state index is 0.114. The van der Waals surface area contributed by atoms with Gasteiger partial charge in [-0.05, 0) is 20.8 Å². The van der Waals surface area contributed by atoms with Crippen molar-refractivity contribution < 1.29 is 9.47 Å². The Morgan fingerprint density at radius 1 is 1.58 bits per heavy atom. The second-order valence-corrected chi connectivity index (χ2v) is 4.46. The lowest BCUT2D eigenvalue weighted by Crippen LogP contribution is -2.09. The maximum absolute atomic E-state index is 9.05. The Morgan fingerprint density at radius 2 is 2.26 bits per heavy atom. The van der Waals surface area contributed by atoms with Crippen molar-refractivity contribution in [3.63, 3.8) is 0 Å². The summed E-state index contributed by atoms with van der Waals surface area (Å²) in [7, 11) is 3.65. The lowest BCUT2D eigenvalue weighted by atomic mass is 10.4. The molecule has 0 aliphatic rings. The van der Waals surface area contributed by atoms with Crippen LogP contribution in [0.25, 0.3) is 0 Å². The van der Waals surface area contributed by atoms with Gasteiger partial charge < -0.3 is 14.4 Å². The monoisotopic (exact) mass is 264 g/mol. The predicted molar refractivity (Wildman–Crippen MR) is 71.8 cm³/mol. The minimum absolute atomic E-state index is 0.114. The fourth-order valence-electron chi connectivity index (χ4n) is 1.45. The molecule has 0 aliphatic carbocycles. The molecule has 1 aromatic heterocycles. The average molecular weight is 264 g/mol. The molecule has 6 heteroatoms. The first-order chi connectivity index (χ1) is 8.97. The summed E-state index contributed by atoms with van der Waals surface area (Å²) in [5, 5.41) is 13.3. The Bertz CT molecular complexity index is 483. The topological polar surface area (TPSA) is 63.3 Å². The van der Waals surface area contributed by atoms with Crippen molar-refractivity contribution in [3.8, 4) is 17.8 Å². The third-order valence-corrected chi connectivity index (χ3v) is 2.16. The van der Waals surface area contributed by atoms with Gasteiger partial charge in [-0.3, -0.25) is 0 Å². The number of aromatic nitrogens is 2. The molecular weight excluding hydrogens is 244 g/mol. The van der Waals surface area contributed by atoms with Crippen molar-refractivity contribution in [2.45, 2.75) is 26.8 Å². The predicted octanol–water partition coefficient (Wildman–Crippen LogP) is 2.17. The summed E-state index contributed by atoms with van der Waals surface area (Å²) in [5.41, 5.74) is 0.